The first-order valence-corrected chi connectivity index (χ1v) is 5.80. The second-order valence-electron chi connectivity index (χ2n) is 3.24. The number of carbonyl (C=O) groups excluding carboxylic acids is 1. The van der Waals surface area contributed by atoms with E-state index in [0.29, 0.717) is 11.3 Å². The standard InChI is InChI=1S/C10H11BrF2N2O2/c1-17-8(16)2-7-5(3-11)9(14)6(4-15-7)10(12)13/h4,10H,2-3H2,1H3,(H2,14,15). The molecule has 0 aliphatic carbocycles. The number of nitrogen functional groups attached to an aromatic ring is 1. The molecule has 2 N–H and O–H groups in total. The first kappa shape index (κ1) is 13.8. The van der Waals surface area contributed by atoms with Crippen molar-refractivity contribution >= 4 is 27.6 Å². The number of anilines is 1. The number of halogens is 3. The normalized spacial score (nSPS) is 10.6. The topological polar surface area (TPSA) is 65.2 Å². The molecule has 0 amide bonds. The Morgan fingerprint density at radius 3 is 2.76 bits per heavy atom. The third kappa shape index (κ3) is 3.12. The molecule has 0 bridgehead atoms. The highest BCUT2D eigenvalue weighted by Crippen LogP contribution is 2.30. The molecule has 0 unspecified atom stereocenters. The number of pyridine rings is 1. The summed E-state index contributed by atoms with van der Waals surface area (Å²) in [7, 11) is 1.24. The molecule has 1 aromatic heterocycles. The average Bonchev–Trinajstić information content (AvgIpc) is 2.28. The van der Waals surface area contributed by atoms with Gasteiger partial charge in [-0.25, -0.2) is 8.78 Å². The van der Waals surface area contributed by atoms with Gasteiger partial charge in [0.1, 0.15) is 0 Å². The number of esters is 1. The van der Waals surface area contributed by atoms with Gasteiger partial charge in [0.25, 0.3) is 6.43 Å². The minimum Gasteiger partial charge on any atom is -0.469 e. The van der Waals surface area contributed by atoms with Crippen molar-refractivity contribution in [2.45, 2.75) is 18.2 Å². The highest BCUT2D eigenvalue weighted by atomic mass is 79.9. The second kappa shape index (κ2) is 5.90. The Bertz CT molecular complexity index is 427. The Hall–Kier alpha value is -1.24. The number of alkyl halides is 3. The quantitative estimate of drug-likeness (QED) is 0.684. The summed E-state index contributed by atoms with van der Waals surface area (Å²) in [5.74, 6) is -0.496. The third-order valence-corrected chi connectivity index (χ3v) is 2.81. The fourth-order valence-electron chi connectivity index (χ4n) is 1.31. The first-order valence-electron chi connectivity index (χ1n) is 4.68. The second-order valence-corrected chi connectivity index (χ2v) is 3.80. The van der Waals surface area contributed by atoms with Gasteiger partial charge in [-0.05, 0) is 0 Å². The van der Waals surface area contributed by atoms with Crippen LogP contribution < -0.4 is 5.73 Å². The summed E-state index contributed by atoms with van der Waals surface area (Å²) in [6.07, 6.45) is -1.79. The van der Waals surface area contributed by atoms with Crippen molar-refractivity contribution < 1.29 is 18.3 Å². The minimum atomic E-state index is -2.69. The molecule has 0 fully saturated rings. The van der Waals surface area contributed by atoms with Gasteiger partial charge in [0.15, 0.2) is 0 Å². The highest BCUT2D eigenvalue weighted by Gasteiger charge is 2.19. The molecule has 1 aromatic rings. The minimum absolute atomic E-state index is 0.0363. The molecule has 0 aromatic carbocycles. The Morgan fingerprint density at radius 2 is 2.29 bits per heavy atom. The van der Waals surface area contributed by atoms with E-state index < -0.39 is 12.4 Å². The van der Waals surface area contributed by atoms with Crippen LogP contribution in [0.15, 0.2) is 6.20 Å². The van der Waals surface area contributed by atoms with Gasteiger partial charge >= 0.3 is 5.97 Å². The maximum atomic E-state index is 12.6. The fraction of sp³-hybridized carbons (Fsp3) is 0.400. The number of rotatable bonds is 4. The van der Waals surface area contributed by atoms with Crippen LogP contribution in [0.25, 0.3) is 0 Å². The van der Waals surface area contributed by atoms with Crippen LogP contribution in [0, 0.1) is 0 Å². The average molecular weight is 309 g/mol. The SMILES string of the molecule is COC(=O)Cc1ncc(C(F)F)c(N)c1CBr. The Balaban J connectivity index is 3.16. The number of ether oxygens (including phenoxy) is 1. The van der Waals surface area contributed by atoms with Crippen LogP contribution in [0.1, 0.15) is 23.2 Å². The zero-order valence-corrected chi connectivity index (χ0v) is 10.6. The predicted molar refractivity (Wildman–Crippen MR) is 62.0 cm³/mol. The van der Waals surface area contributed by atoms with Gasteiger partial charge in [-0.3, -0.25) is 9.78 Å². The van der Waals surface area contributed by atoms with E-state index in [1.165, 1.54) is 7.11 Å². The molecule has 1 heterocycles. The van der Waals surface area contributed by atoms with Gasteiger partial charge in [0.2, 0.25) is 0 Å². The molecule has 0 saturated heterocycles. The smallest absolute Gasteiger partial charge is 0.311 e. The zero-order chi connectivity index (χ0) is 13.0. The summed E-state index contributed by atoms with van der Waals surface area (Å²) in [6, 6.07) is 0. The molecule has 7 heteroatoms. The highest BCUT2D eigenvalue weighted by molar-refractivity contribution is 9.08. The summed E-state index contributed by atoms with van der Waals surface area (Å²) in [6.45, 7) is 0. The van der Waals surface area contributed by atoms with E-state index >= 15 is 0 Å². The van der Waals surface area contributed by atoms with Gasteiger partial charge in [0.05, 0.1) is 24.8 Å². The van der Waals surface area contributed by atoms with Crippen molar-refractivity contribution in [3.05, 3.63) is 23.0 Å². The van der Waals surface area contributed by atoms with Crippen LogP contribution in [-0.2, 0) is 21.3 Å². The lowest BCUT2D eigenvalue weighted by Crippen LogP contribution is -2.11. The molecular formula is C10H11BrF2N2O2. The molecule has 94 valence electrons. The monoisotopic (exact) mass is 308 g/mol. The van der Waals surface area contributed by atoms with E-state index in [-0.39, 0.29) is 23.0 Å². The van der Waals surface area contributed by atoms with Gasteiger partial charge < -0.3 is 10.5 Å². The van der Waals surface area contributed by atoms with Crippen molar-refractivity contribution in [2.24, 2.45) is 0 Å². The Kier molecular flexibility index (Phi) is 4.80. The van der Waals surface area contributed by atoms with Gasteiger partial charge in [-0.2, -0.15) is 0 Å². The summed E-state index contributed by atoms with van der Waals surface area (Å²) < 4.78 is 29.6. The molecular weight excluding hydrogens is 298 g/mol. The van der Waals surface area contributed by atoms with Crippen LogP contribution in [0.3, 0.4) is 0 Å². The van der Waals surface area contributed by atoms with E-state index in [2.05, 4.69) is 25.7 Å². The number of methoxy groups -OCH3 is 1. The van der Waals surface area contributed by atoms with Crippen molar-refractivity contribution in [3.63, 3.8) is 0 Å². The van der Waals surface area contributed by atoms with Crippen LogP contribution in [0.5, 0.6) is 0 Å². The Morgan fingerprint density at radius 1 is 1.65 bits per heavy atom. The largest absolute Gasteiger partial charge is 0.469 e. The molecule has 1 rings (SSSR count). The lowest BCUT2D eigenvalue weighted by atomic mass is 10.1. The van der Waals surface area contributed by atoms with E-state index in [4.69, 9.17) is 5.73 Å². The lowest BCUT2D eigenvalue weighted by molar-refractivity contribution is -0.139. The molecule has 0 radical (unpaired) electrons. The van der Waals surface area contributed by atoms with Crippen LogP contribution in [-0.4, -0.2) is 18.1 Å². The van der Waals surface area contributed by atoms with Crippen molar-refractivity contribution in [1.29, 1.82) is 0 Å². The van der Waals surface area contributed by atoms with E-state index in [9.17, 15) is 13.6 Å². The van der Waals surface area contributed by atoms with Gasteiger partial charge in [-0.1, -0.05) is 15.9 Å². The maximum absolute atomic E-state index is 12.6. The molecule has 0 spiro atoms. The van der Waals surface area contributed by atoms with Gasteiger partial charge in [-0.15, -0.1) is 0 Å². The van der Waals surface area contributed by atoms with Crippen molar-refractivity contribution in [3.8, 4) is 0 Å². The molecule has 0 aliphatic heterocycles. The molecule has 17 heavy (non-hydrogen) atoms. The third-order valence-electron chi connectivity index (χ3n) is 2.25. The van der Waals surface area contributed by atoms with Crippen molar-refractivity contribution in [1.82, 2.24) is 4.98 Å². The summed E-state index contributed by atoms with van der Waals surface area (Å²) in [5.41, 5.74) is 5.99. The van der Waals surface area contributed by atoms with Crippen LogP contribution in [0.4, 0.5) is 14.5 Å². The predicted octanol–water partition coefficient (Wildman–Crippen LogP) is 2.21. The lowest BCUT2D eigenvalue weighted by Gasteiger charge is -2.12. The van der Waals surface area contributed by atoms with Crippen LogP contribution in [0.2, 0.25) is 0 Å². The molecule has 0 atom stereocenters. The number of nitrogens with zero attached hydrogens (tertiary/aromatic N) is 1. The van der Waals surface area contributed by atoms with Crippen molar-refractivity contribution in [2.75, 3.05) is 12.8 Å². The van der Waals surface area contributed by atoms with Crippen LogP contribution >= 0.6 is 15.9 Å². The first-order chi connectivity index (χ1) is 8.01. The van der Waals surface area contributed by atoms with E-state index in [0.717, 1.165) is 6.20 Å². The molecule has 0 aliphatic rings. The number of hydrogen-bond acceptors (Lipinski definition) is 4. The number of nitrogens with two attached hydrogens (primary N) is 1. The number of hydrogen-bond donors (Lipinski definition) is 1. The summed E-state index contributed by atoms with van der Waals surface area (Å²) >= 11 is 3.14. The fourth-order valence-corrected chi connectivity index (χ4v) is 1.93. The number of carbonyl (C=O) groups is 1. The maximum Gasteiger partial charge on any atom is 0.311 e. The Labute approximate surface area is 105 Å². The molecule has 0 saturated carbocycles. The summed E-state index contributed by atoms with van der Waals surface area (Å²) in [5, 5.41) is 0.249. The summed E-state index contributed by atoms with van der Waals surface area (Å²) in [4.78, 5) is 14.9. The number of aromatic nitrogens is 1. The van der Waals surface area contributed by atoms with E-state index in [1.54, 1.807) is 0 Å². The molecule has 4 nitrogen and oxygen atoms in total. The van der Waals surface area contributed by atoms with Gasteiger partial charge in [0, 0.05) is 22.8 Å². The zero-order valence-electron chi connectivity index (χ0n) is 9.04. The van der Waals surface area contributed by atoms with E-state index in [1.807, 2.05) is 0 Å².